The molecule has 0 spiro atoms. The fourth-order valence-electron chi connectivity index (χ4n) is 3.51. The SMILES string of the molecule is O=C(Cc1cccc(C(F)(F)F)c1)N(O)C(CN1CCC(O)C1)c1ccccc1. The zero-order chi connectivity index (χ0) is 21.0. The van der Waals surface area contributed by atoms with Gasteiger partial charge in [0, 0.05) is 19.6 Å². The van der Waals surface area contributed by atoms with Crippen molar-refractivity contribution in [3.05, 3.63) is 71.3 Å². The van der Waals surface area contributed by atoms with E-state index in [-0.39, 0.29) is 12.0 Å². The predicted molar refractivity (Wildman–Crippen MR) is 100 cm³/mol. The van der Waals surface area contributed by atoms with E-state index in [4.69, 9.17) is 0 Å². The maximum Gasteiger partial charge on any atom is 0.416 e. The molecule has 8 heteroatoms. The van der Waals surface area contributed by atoms with Crippen molar-refractivity contribution in [2.24, 2.45) is 0 Å². The number of aliphatic hydroxyl groups is 1. The normalized spacial score (nSPS) is 18.6. The second-order valence-electron chi connectivity index (χ2n) is 7.24. The van der Waals surface area contributed by atoms with Gasteiger partial charge < -0.3 is 5.11 Å². The molecule has 1 heterocycles. The van der Waals surface area contributed by atoms with E-state index in [1.807, 2.05) is 11.0 Å². The molecular formula is C21H23F3N2O3. The highest BCUT2D eigenvalue weighted by Crippen LogP contribution is 2.30. The fraction of sp³-hybridized carbons (Fsp3) is 0.381. The van der Waals surface area contributed by atoms with Crippen LogP contribution in [-0.4, -0.2) is 51.9 Å². The molecule has 2 N–H and O–H groups in total. The minimum absolute atomic E-state index is 0.173. The molecule has 0 bridgehead atoms. The smallest absolute Gasteiger partial charge is 0.392 e. The van der Waals surface area contributed by atoms with Gasteiger partial charge in [0.2, 0.25) is 0 Å². The average molecular weight is 408 g/mol. The van der Waals surface area contributed by atoms with Crippen molar-refractivity contribution in [2.45, 2.75) is 31.2 Å². The van der Waals surface area contributed by atoms with Crippen molar-refractivity contribution >= 4 is 5.91 Å². The van der Waals surface area contributed by atoms with Crippen LogP contribution in [0.4, 0.5) is 13.2 Å². The van der Waals surface area contributed by atoms with Crippen molar-refractivity contribution in [3.8, 4) is 0 Å². The quantitative estimate of drug-likeness (QED) is 0.569. The summed E-state index contributed by atoms with van der Waals surface area (Å²) >= 11 is 0. The Kier molecular flexibility index (Phi) is 6.56. The van der Waals surface area contributed by atoms with E-state index in [0.717, 1.165) is 12.1 Å². The molecule has 29 heavy (non-hydrogen) atoms. The highest BCUT2D eigenvalue weighted by molar-refractivity contribution is 5.78. The minimum Gasteiger partial charge on any atom is -0.392 e. The zero-order valence-electron chi connectivity index (χ0n) is 15.7. The van der Waals surface area contributed by atoms with Crippen LogP contribution < -0.4 is 0 Å². The Hall–Kier alpha value is -2.42. The van der Waals surface area contributed by atoms with Gasteiger partial charge in [-0.1, -0.05) is 48.5 Å². The summed E-state index contributed by atoms with van der Waals surface area (Å²) in [7, 11) is 0. The van der Waals surface area contributed by atoms with Gasteiger partial charge in [-0.05, 0) is 23.6 Å². The van der Waals surface area contributed by atoms with Gasteiger partial charge in [-0.2, -0.15) is 13.2 Å². The molecule has 2 atom stereocenters. The number of aliphatic hydroxyl groups excluding tert-OH is 1. The standard InChI is InChI=1S/C21H23F3N2O3/c22-21(23,24)17-8-4-5-15(11-17)12-20(28)26(29)19(16-6-2-1-3-7-16)14-25-10-9-18(27)13-25/h1-8,11,18-19,27,29H,9-10,12-14H2. The third-order valence-corrected chi connectivity index (χ3v) is 5.02. The second-order valence-corrected chi connectivity index (χ2v) is 7.24. The number of likely N-dealkylation sites (tertiary alicyclic amines) is 1. The van der Waals surface area contributed by atoms with Crippen LogP contribution in [0.2, 0.25) is 0 Å². The van der Waals surface area contributed by atoms with Crippen LogP contribution >= 0.6 is 0 Å². The number of alkyl halides is 3. The summed E-state index contributed by atoms with van der Waals surface area (Å²) in [5.41, 5.74) is 0.0408. The number of hydrogen-bond donors (Lipinski definition) is 2. The lowest BCUT2D eigenvalue weighted by atomic mass is 10.0. The third-order valence-electron chi connectivity index (χ3n) is 5.02. The number of rotatable bonds is 6. The molecule has 2 unspecified atom stereocenters. The van der Waals surface area contributed by atoms with Crippen molar-refractivity contribution in [3.63, 3.8) is 0 Å². The molecule has 3 rings (SSSR count). The van der Waals surface area contributed by atoms with Gasteiger partial charge in [-0.15, -0.1) is 0 Å². The van der Waals surface area contributed by atoms with Crippen molar-refractivity contribution in [2.75, 3.05) is 19.6 Å². The van der Waals surface area contributed by atoms with E-state index in [1.54, 1.807) is 24.3 Å². The number of carbonyl (C=O) groups excluding carboxylic acids is 1. The number of β-amino-alcohol motifs (C(OH)–C–C–N with tert-alkyl or cyclic N) is 1. The summed E-state index contributed by atoms with van der Waals surface area (Å²) in [6.45, 7) is 1.39. The van der Waals surface area contributed by atoms with Gasteiger partial charge in [-0.3, -0.25) is 14.9 Å². The van der Waals surface area contributed by atoms with E-state index >= 15 is 0 Å². The Morgan fingerprint density at radius 3 is 2.52 bits per heavy atom. The third kappa shape index (κ3) is 5.56. The number of amides is 1. The summed E-state index contributed by atoms with van der Waals surface area (Å²) in [6.07, 6.45) is -4.68. The van der Waals surface area contributed by atoms with E-state index in [1.165, 1.54) is 12.1 Å². The first-order valence-corrected chi connectivity index (χ1v) is 9.36. The molecule has 5 nitrogen and oxygen atoms in total. The van der Waals surface area contributed by atoms with Gasteiger partial charge in [0.05, 0.1) is 24.1 Å². The van der Waals surface area contributed by atoms with Gasteiger partial charge >= 0.3 is 6.18 Å². The first-order chi connectivity index (χ1) is 13.7. The Balaban J connectivity index is 1.76. The van der Waals surface area contributed by atoms with Gasteiger partial charge in [0.15, 0.2) is 0 Å². The predicted octanol–water partition coefficient (Wildman–Crippen LogP) is 3.27. The van der Waals surface area contributed by atoms with Crippen LogP contribution in [0.5, 0.6) is 0 Å². The van der Waals surface area contributed by atoms with E-state index in [2.05, 4.69) is 0 Å². The summed E-state index contributed by atoms with van der Waals surface area (Å²) in [6, 6.07) is 12.8. The lowest BCUT2D eigenvalue weighted by Gasteiger charge is -2.30. The number of nitrogens with zero attached hydrogens (tertiary/aromatic N) is 2. The molecule has 1 fully saturated rings. The summed E-state index contributed by atoms with van der Waals surface area (Å²) < 4.78 is 38.7. The monoisotopic (exact) mass is 408 g/mol. The first-order valence-electron chi connectivity index (χ1n) is 9.36. The maximum atomic E-state index is 12.9. The van der Waals surface area contributed by atoms with E-state index in [0.29, 0.717) is 36.7 Å². The highest BCUT2D eigenvalue weighted by Gasteiger charge is 2.32. The van der Waals surface area contributed by atoms with Crippen LogP contribution in [0, 0.1) is 0 Å². The molecule has 1 saturated heterocycles. The van der Waals surface area contributed by atoms with Crippen molar-refractivity contribution < 1.29 is 28.3 Å². The van der Waals surface area contributed by atoms with Crippen LogP contribution in [-0.2, 0) is 17.4 Å². The molecule has 1 aliphatic rings. The second kappa shape index (κ2) is 8.94. The van der Waals surface area contributed by atoms with Crippen LogP contribution in [0.15, 0.2) is 54.6 Å². The number of halogens is 3. The summed E-state index contributed by atoms with van der Waals surface area (Å²) in [5, 5.41) is 21.0. The molecule has 1 aliphatic heterocycles. The first kappa shape index (κ1) is 21.3. The molecule has 0 saturated carbocycles. The largest absolute Gasteiger partial charge is 0.416 e. The number of carbonyl (C=O) groups is 1. The van der Waals surface area contributed by atoms with Crippen molar-refractivity contribution in [1.82, 2.24) is 9.96 Å². The van der Waals surface area contributed by atoms with Crippen LogP contribution in [0.3, 0.4) is 0 Å². The zero-order valence-corrected chi connectivity index (χ0v) is 15.7. The Labute approximate surface area is 166 Å². The molecule has 0 aromatic heterocycles. The van der Waals surface area contributed by atoms with Crippen LogP contribution in [0.25, 0.3) is 0 Å². The van der Waals surface area contributed by atoms with Crippen LogP contribution in [0.1, 0.15) is 29.2 Å². The maximum absolute atomic E-state index is 12.9. The van der Waals surface area contributed by atoms with E-state index < -0.39 is 29.8 Å². The molecule has 0 aliphatic carbocycles. The Morgan fingerprint density at radius 1 is 1.17 bits per heavy atom. The molecule has 0 radical (unpaired) electrons. The summed E-state index contributed by atoms with van der Waals surface area (Å²) in [5.74, 6) is -0.696. The fourth-order valence-corrected chi connectivity index (χ4v) is 3.51. The summed E-state index contributed by atoms with van der Waals surface area (Å²) in [4.78, 5) is 14.6. The Bertz CT molecular complexity index is 829. The van der Waals surface area contributed by atoms with Gasteiger partial charge in [0.25, 0.3) is 5.91 Å². The molecular weight excluding hydrogens is 385 g/mol. The average Bonchev–Trinajstić information content (AvgIpc) is 3.10. The topological polar surface area (TPSA) is 64.0 Å². The van der Waals surface area contributed by atoms with Gasteiger partial charge in [-0.25, -0.2) is 5.06 Å². The molecule has 156 valence electrons. The molecule has 1 amide bonds. The van der Waals surface area contributed by atoms with Gasteiger partial charge in [0.1, 0.15) is 0 Å². The molecule has 2 aromatic carbocycles. The number of hydrogen-bond acceptors (Lipinski definition) is 4. The lowest BCUT2D eigenvalue weighted by molar-refractivity contribution is -0.177. The highest BCUT2D eigenvalue weighted by atomic mass is 19.4. The molecule has 2 aromatic rings. The van der Waals surface area contributed by atoms with E-state index in [9.17, 15) is 28.3 Å². The minimum atomic E-state index is -4.50. The number of hydroxylamine groups is 2. The lowest BCUT2D eigenvalue weighted by Crippen LogP contribution is -2.40. The number of benzene rings is 2. The Morgan fingerprint density at radius 2 is 1.90 bits per heavy atom. The van der Waals surface area contributed by atoms with Crippen molar-refractivity contribution in [1.29, 1.82) is 0 Å².